The number of halogens is 1. The van der Waals surface area contributed by atoms with Crippen molar-refractivity contribution in [2.45, 2.75) is 43.0 Å². The summed E-state index contributed by atoms with van der Waals surface area (Å²) in [6.07, 6.45) is 3.15. The molecule has 0 amide bonds. The van der Waals surface area contributed by atoms with E-state index < -0.39 is 19.8 Å². The van der Waals surface area contributed by atoms with Crippen LogP contribution < -0.4 is 3.71 Å². The van der Waals surface area contributed by atoms with Gasteiger partial charge in [-0.15, -0.1) is 0 Å². The molecule has 1 aromatic rings. The summed E-state index contributed by atoms with van der Waals surface area (Å²) in [6.45, 7) is 4.60. The Morgan fingerprint density at radius 3 is 2.56 bits per heavy atom. The molecule has 0 spiro atoms. The molecule has 0 aromatic carbocycles. The third-order valence-corrected chi connectivity index (χ3v) is 8.52. The first kappa shape index (κ1) is 14.1. The monoisotopic (exact) mass is 370 g/mol. The van der Waals surface area contributed by atoms with Crippen molar-refractivity contribution in [3.63, 3.8) is 0 Å². The zero-order valence-corrected chi connectivity index (χ0v) is 15.5. The molecular weight excluding hydrogens is 350 g/mol. The van der Waals surface area contributed by atoms with Gasteiger partial charge >= 0.3 is 122 Å². The van der Waals surface area contributed by atoms with Crippen LogP contribution in [0.5, 0.6) is 0 Å². The third-order valence-electron chi connectivity index (χ3n) is 3.77. The molecule has 0 atom stereocenters. The first-order valence-corrected chi connectivity index (χ1v) is 15.1. The molecule has 0 saturated carbocycles. The van der Waals surface area contributed by atoms with Crippen molar-refractivity contribution in [3.8, 4) is 6.07 Å². The van der Waals surface area contributed by atoms with Crippen LogP contribution in [0.3, 0.4) is 0 Å². The van der Waals surface area contributed by atoms with Crippen molar-refractivity contribution in [3.05, 3.63) is 21.8 Å². The number of hydrogen-bond donors (Lipinski definition) is 0. The van der Waals surface area contributed by atoms with Crippen LogP contribution in [0.1, 0.15) is 37.0 Å². The van der Waals surface area contributed by atoms with Crippen molar-refractivity contribution >= 4 is 35.1 Å². The Morgan fingerprint density at radius 1 is 1.33 bits per heavy atom. The fourth-order valence-electron chi connectivity index (χ4n) is 2.75. The molecule has 1 aliphatic carbocycles. The average Bonchev–Trinajstić information content (AvgIpc) is 2.27. The maximum absolute atomic E-state index is 9.28. The first-order chi connectivity index (χ1) is 8.35. The fourth-order valence-corrected chi connectivity index (χ4v) is 7.12. The number of rotatable bonds is 1. The summed E-state index contributed by atoms with van der Waals surface area (Å²) >= 11 is 4.47. The van der Waals surface area contributed by atoms with Crippen molar-refractivity contribution < 1.29 is 0 Å². The predicted molar refractivity (Wildman–Crippen MR) is 78.3 cm³/mol. The molecule has 1 heterocycles. The molecule has 0 bridgehead atoms. The summed E-state index contributed by atoms with van der Waals surface area (Å²) in [5.41, 5.74) is 3.50. The molecule has 0 N–H and O–H groups in total. The molecule has 1 aliphatic rings. The zero-order chi connectivity index (χ0) is 13.5. The van der Waals surface area contributed by atoms with Gasteiger partial charge in [0.15, 0.2) is 0 Å². The van der Waals surface area contributed by atoms with Crippen molar-refractivity contribution in [1.82, 2.24) is 4.98 Å². The van der Waals surface area contributed by atoms with E-state index in [4.69, 9.17) is 11.6 Å². The molecule has 18 heavy (non-hydrogen) atoms. The van der Waals surface area contributed by atoms with E-state index >= 15 is 0 Å². The van der Waals surface area contributed by atoms with Crippen molar-refractivity contribution in [2.75, 3.05) is 0 Å². The molecule has 0 saturated heterocycles. The van der Waals surface area contributed by atoms with E-state index in [-0.39, 0.29) is 0 Å². The molecule has 96 valence electrons. The van der Waals surface area contributed by atoms with E-state index in [9.17, 15) is 5.26 Å². The summed E-state index contributed by atoms with van der Waals surface area (Å²) in [5, 5.41) is 9.70. The fraction of sp³-hybridized carbons (Fsp3) is 0.571. The van der Waals surface area contributed by atoms with E-state index in [1.807, 2.05) is 0 Å². The number of fused-ring (bicyclic) bond motifs is 1. The number of pyridine rings is 1. The summed E-state index contributed by atoms with van der Waals surface area (Å²) in [5.74, 6) is 0. The van der Waals surface area contributed by atoms with Crippen LogP contribution in [-0.4, -0.2) is 24.7 Å². The van der Waals surface area contributed by atoms with E-state index in [1.165, 1.54) is 14.8 Å². The van der Waals surface area contributed by atoms with E-state index in [0.717, 1.165) is 19.3 Å². The second-order valence-corrected chi connectivity index (χ2v) is 14.7. The van der Waals surface area contributed by atoms with Gasteiger partial charge in [-0.3, -0.25) is 0 Å². The van der Waals surface area contributed by atoms with Crippen LogP contribution >= 0.6 is 11.6 Å². The number of aromatic nitrogens is 1. The summed E-state index contributed by atoms with van der Waals surface area (Å²) < 4.78 is 1.28. The van der Waals surface area contributed by atoms with Crippen LogP contribution in [-0.2, 0) is 12.8 Å². The second kappa shape index (κ2) is 5.01. The van der Waals surface area contributed by atoms with Crippen LogP contribution in [0.2, 0.25) is 15.0 Å². The quantitative estimate of drug-likeness (QED) is 0.564. The second-order valence-electron chi connectivity index (χ2n) is 6.23. The van der Waals surface area contributed by atoms with Gasteiger partial charge in [-0.1, -0.05) is 0 Å². The SMILES string of the molecule is [CH3][SnH]([CH3])[c]1nc(Cl)c(C#N)c2c1CC(C)(C)CC2. The molecule has 0 fully saturated rings. The predicted octanol–water partition coefficient (Wildman–Crippen LogP) is 2.82. The third kappa shape index (κ3) is 2.53. The van der Waals surface area contributed by atoms with Gasteiger partial charge < -0.3 is 0 Å². The number of hydrogen-bond acceptors (Lipinski definition) is 2. The molecular formula is C14H19ClN2Sn. The van der Waals surface area contributed by atoms with Gasteiger partial charge in [0.2, 0.25) is 0 Å². The summed E-state index contributed by atoms with van der Waals surface area (Å²) in [7, 11) is 0. The van der Waals surface area contributed by atoms with Gasteiger partial charge in [0.25, 0.3) is 0 Å². The van der Waals surface area contributed by atoms with E-state index in [1.54, 1.807) is 0 Å². The standard InChI is InChI=1S/C12H12ClN2.2CH3.Sn.H/c1-12(2)4-3-9-8(5-12)7-15-11(13)10(9)6-14;;;;/h3-5H2,1-2H3;2*1H3;;. The maximum atomic E-state index is 9.28. The number of nitriles is 1. The Labute approximate surface area is 121 Å². The summed E-state index contributed by atoms with van der Waals surface area (Å²) in [6, 6.07) is 2.25. The Hall–Kier alpha value is -0.271. The van der Waals surface area contributed by atoms with Crippen LogP contribution in [0, 0.1) is 16.7 Å². The van der Waals surface area contributed by atoms with Crippen LogP contribution in [0.4, 0.5) is 0 Å². The van der Waals surface area contributed by atoms with Gasteiger partial charge in [0.05, 0.1) is 0 Å². The van der Waals surface area contributed by atoms with Crippen molar-refractivity contribution in [1.29, 1.82) is 5.26 Å². The molecule has 0 radical (unpaired) electrons. The van der Waals surface area contributed by atoms with E-state index in [2.05, 4.69) is 34.8 Å². The van der Waals surface area contributed by atoms with E-state index in [0.29, 0.717) is 16.1 Å². The summed E-state index contributed by atoms with van der Waals surface area (Å²) in [4.78, 5) is 9.24. The minimum atomic E-state index is -1.71. The van der Waals surface area contributed by atoms with Gasteiger partial charge in [-0.05, 0) is 0 Å². The van der Waals surface area contributed by atoms with Gasteiger partial charge in [-0.25, -0.2) is 0 Å². The van der Waals surface area contributed by atoms with Crippen LogP contribution in [0.25, 0.3) is 0 Å². The average molecular weight is 369 g/mol. The Balaban J connectivity index is 2.68. The Bertz CT molecular complexity index is 530. The minimum absolute atomic E-state index is 0.324. The topological polar surface area (TPSA) is 36.7 Å². The zero-order valence-electron chi connectivity index (χ0n) is 11.5. The van der Waals surface area contributed by atoms with Gasteiger partial charge in [0.1, 0.15) is 0 Å². The Kier molecular flexibility index (Phi) is 3.94. The van der Waals surface area contributed by atoms with Crippen LogP contribution in [0.15, 0.2) is 0 Å². The van der Waals surface area contributed by atoms with Crippen molar-refractivity contribution in [2.24, 2.45) is 5.41 Å². The molecule has 0 unspecified atom stereocenters. The van der Waals surface area contributed by atoms with Gasteiger partial charge in [0, 0.05) is 0 Å². The first-order valence-electron chi connectivity index (χ1n) is 6.47. The molecule has 2 rings (SSSR count). The molecule has 4 heteroatoms. The Morgan fingerprint density at radius 2 is 2.00 bits per heavy atom. The normalized spacial score (nSPS) is 17.4. The van der Waals surface area contributed by atoms with Gasteiger partial charge in [-0.2, -0.15) is 0 Å². The molecule has 2 nitrogen and oxygen atoms in total. The molecule has 1 aromatic heterocycles. The molecule has 0 aliphatic heterocycles. The number of nitrogens with zero attached hydrogens (tertiary/aromatic N) is 2.